The van der Waals surface area contributed by atoms with E-state index in [2.05, 4.69) is 25.7 Å². The van der Waals surface area contributed by atoms with Gasteiger partial charge in [0, 0.05) is 18.6 Å². The fourth-order valence-electron chi connectivity index (χ4n) is 1.56. The fraction of sp³-hybridized carbons (Fsp3) is 0.182. The number of rotatable bonds is 4. The van der Waals surface area contributed by atoms with E-state index in [1.54, 1.807) is 18.5 Å². The highest BCUT2D eigenvalue weighted by atomic mass is 16.1. The smallest absolute Gasteiger partial charge is 0.254 e. The molecule has 1 atom stereocenters. The lowest BCUT2D eigenvalue weighted by molar-refractivity contribution is 0.0939. The summed E-state index contributed by atoms with van der Waals surface area (Å²) in [6.07, 6.45) is 6.37. The van der Waals surface area contributed by atoms with Crippen LogP contribution in [0.2, 0.25) is 0 Å². The lowest BCUT2D eigenvalue weighted by Crippen LogP contribution is -2.28. The number of nitrogen functional groups attached to an aromatic ring is 1. The zero-order valence-electron chi connectivity index (χ0n) is 9.84. The summed E-state index contributed by atoms with van der Waals surface area (Å²) in [5.74, 6) is 5.78. The molecular formula is C11H14N6O. The number of nitrogens with two attached hydrogens (primary N) is 1. The van der Waals surface area contributed by atoms with E-state index in [-0.39, 0.29) is 11.9 Å². The molecule has 7 nitrogen and oxygen atoms in total. The first kappa shape index (κ1) is 12.1. The van der Waals surface area contributed by atoms with E-state index >= 15 is 0 Å². The second-order valence-electron chi connectivity index (χ2n) is 3.74. The summed E-state index contributed by atoms with van der Waals surface area (Å²) < 4.78 is 0. The molecule has 0 bridgehead atoms. The molecule has 0 aliphatic heterocycles. The Kier molecular flexibility index (Phi) is 3.54. The van der Waals surface area contributed by atoms with E-state index in [0.717, 1.165) is 0 Å². The van der Waals surface area contributed by atoms with E-state index in [1.165, 1.54) is 12.4 Å². The van der Waals surface area contributed by atoms with E-state index in [9.17, 15) is 4.79 Å². The van der Waals surface area contributed by atoms with Crippen LogP contribution in [0.1, 0.15) is 29.1 Å². The van der Waals surface area contributed by atoms with Crippen LogP contribution < -0.4 is 16.6 Å². The maximum absolute atomic E-state index is 12.1. The lowest BCUT2D eigenvalue weighted by Gasteiger charge is -2.13. The van der Waals surface area contributed by atoms with Gasteiger partial charge in [-0.05, 0) is 13.0 Å². The van der Waals surface area contributed by atoms with Crippen molar-refractivity contribution in [3.05, 3.63) is 42.2 Å². The Balaban J connectivity index is 2.12. The Morgan fingerprint density at radius 1 is 1.50 bits per heavy atom. The van der Waals surface area contributed by atoms with Crippen LogP contribution in [-0.2, 0) is 0 Å². The molecule has 1 amide bonds. The number of hydrogen-bond acceptors (Lipinski definition) is 5. The van der Waals surface area contributed by atoms with Gasteiger partial charge >= 0.3 is 0 Å². The van der Waals surface area contributed by atoms with Crippen molar-refractivity contribution in [1.82, 2.24) is 20.3 Å². The number of hydrogen-bond donors (Lipinski definition) is 4. The molecule has 2 heterocycles. The SMILES string of the molecule is CC(NC(=O)c1ccncc1NN)c1ncc[nH]1. The lowest BCUT2D eigenvalue weighted by atomic mass is 10.2. The van der Waals surface area contributed by atoms with E-state index in [4.69, 9.17) is 5.84 Å². The minimum atomic E-state index is -0.241. The summed E-state index contributed by atoms with van der Waals surface area (Å²) in [7, 11) is 0. The first-order valence-electron chi connectivity index (χ1n) is 5.43. The van der Waals surface area contributed by atoms with Gasteiger partial charge in [-0.2, -0.15) is 0 Å². The predicted molar refractivity (Wildman–Crippen MR) is 66.5 cm³/mol. The average Bonchev–Trinajstić information content (AvgIpc) is 2.92. The Bertz CT molecular complexity index is 524. The summed E-state index contributed by atoms with van der Waals surface area (Å²) >= 11 is 0. The summed E-state index contributed by atoms with van der Waals surface area (Å²) in [6, 6.07) is 1.38. The zero-order valence-corrected chi connectivity index (χ0v) is 9.84. The molecule has 7 heteroatoms. The number of aromatic nitrogens is 3. The van der Waals surface area contributed by atoms with Crippen molar-refractivity contribution in [1.29, 1.82) is 0 Å². The molecule has 5 N–H and O–H groups in total. The summed E-state index contributed by atoms with van der Waals surface area (Å²) in [5, 5.41) is 2.82. The van der Waals surface area contributed by atoms with Gasteiger partial charge in [-0.1, -0.05) is 0 Å². The zero-order chi connectivity index (χ0) is 13.0. The molecule has 0 aliphatic rings. The molecule has 1 unspecified atom stereocenters. The first-order chi connectivity index (χ1) is 8.72. The quantitative estimate of drug-likeness (QED) is 0.466. The van der Waals surface area contributed by atoms with Crippen LogP contribution in [0, 0.1) is 0 Å². The molecule has 0 aromatic carbocycles. The van der Waals surface area contributed by atoms with Gasteiger partial charge in [0.25, 0.3) is 5.91 Å². The molecule has 0 saturated heterocycles. The third-order valence-electron chi connectivity index (χ3n) is 2.50. The van der Waals surface area contributed by atoms with Gasteiger partial charge in [0.1, 0.15) is 5.82 Å². The van der Waals surface area contributed by atoms with Gasteiger partial charge < -0.3 is 15.7 Å². The van der Waals surface area contributed by atoms with Crippen molar-refractivity contribution in [3.8, 4) is 0 Å². The largest absolute Gasteiger partial charge is 0.347 e. The first-order valence-corrected chi connectivity index (χ1v) is 5.43. The number of amides is 1. The number of imidazole rings is 1. The number of carbonyl (C=O) groups is 1. The molecule has 0 aliphatic carbocycles. The standard InChI is InChI=1S/C11H14N6O/c1-7(10-14-4-5-15-10)16-11(18)8-2-3-13-6-9(8)17-12/h2-7,17H,12H2,1H3,(H,14,15)(H,16,18). The van der Waals surface area contributed by atoms with Crippen molar-refractivity contribution in [3.63, 3.8) is 0 Å². The number of aromatic amines is 1. The van der Waals surface area contributed by atoms with E-state index in [0.29, 0.717) is 17.1 Å². The summed E-state index contributed by atoms with van der Waals surface area (Å²) in [4.78, 5) is 23.0. The topological polar surface area (TPSA) is 109 Å². The number of carbonyl (C=O) groups excluding carboxylic acids is 1. The Morgan fingerprint density at radius 2 is 2.33 bits per heavy atom. The van der Waals surface area contributed by atoms with E-state index in [1.807, 2.05) is 6.92 Å². The van der Waals surface area contributed by atoms with Crippen molar-refractivity contribution in [2.45, 2.75) is 13.0 Å². The number of hydrazine groups is 1. The van der Waals surface area contributed by atoms with Crippen molar-refractivity contribution < 1.29 is 4.79 Å². The van der Waals surface area contributed by atoms with Gasteiger partial charge in [0.15, 0.2) is 0 Å². The van der Waals surface area contributed by atoms with Gasteiger partial charge in [0.2, 0.25) is 0 Å². The van der Waals surface area contributed by atoms with Crippen LogP contribution >= 0.6 is 0 Å². The normalized spacial score (nSPS) is 11.9. The van der Waals surface area contributed by atoms with Crippen LogP contribution in [0.5, 0.6) is 0 Å². The Morgan fingerprint density at radius 3 is 3.00 bits per heavy atom. The molecule has 0 saturated carbocycles. The highest BCUT2D eigenvalue weighted by molar-refractivity contribution is 5.99. The van der Waals surface area contributed by atoms with Gasteiger partial charge in [-0.15, -0.1) is 0 Å². The number of anilines is 1. The fourth-order valence-corrected chi connectivity index (χ4v) is 1.56. The predicted octanol–water partition coefficient (Wildman–Crippen LogP) is 0.581. The van der Waals surface area contributed by atoms with Crippen molar-refractivity contribution in [2.24, 2.45) is 5.84 Å². The maximum atomic E-state index is 12.1. The minimum Gasteiger partial charge on any atom is -0.347 e. The molecule has 2 aromatic heterocycles. The molecule has 2 aromatic rings. The minimum absolute atomic E-state index is 0.216. The van der Waals surface area contributed by atoms with Gasteiger partial charge in [0.05, 0.1) is 23.5 Å². The molecule has 0 radical (unpaired) electrons. The van der Waals surface area contributed by atoms with Crippen LogP contribution in [-0.4, -0.2) is 20.9 Å². The molecule has 18 heavy (non-hydrogen) atoms. The Hall–Kier alpha value is -2.41. The third kappa shape index (κ3) is 2.46. The van der Waals surface area contributed by atoms with Crippen molar-refractivity contribution >= 4 is 11.6 Å². The van der Waals surface area contributed by atoms with Crippen LogP contribution in [0.25, 0.3) is 0 Å². The highest BCUT2D eigenvalue weighted by Crippen LogP contribution is 2.13. The van der Waals surface area contributed by atoms with E-state index < -0.39 is 0 Å². The summed E-state index contributed by atoms with van der Waals surface area (Å²) in [5.41, 5.74) is 3.35. The molecule has 0 fully saturated rings. The second-order valence-corrected chi connectivity index (χ2v) is 3.74. The van der Waals surface area contributed by atoms with Crippen LogP contribution in [0.15, 0.2) is 30.9 Å². The molecule has 0 spiro atoms. The monoisotopic (exact) mass is 246 g/mol. The highest BCUT2D eigenvalue weighted by Gasteiger charge is 2.15. The third-order valence-corrected chi connectivity index (χ3v) is 2.50. The molecular weight excluding hydrogens is 232 g/mol. The number of nitrogens with one attached hydrogen (secondary N) is 3. The van der Waals surface area contributed by atoms with Crippen LogP contribution in [0.3, 0.4) is 0 Å². The number of H-pyrrole nitrogens is 1. The van der Waals surface area contributed by atoms with Gasteiger partial charge in [-0.3, -0.25) is 15.6 Å². The second kappa shape index (κ2) is 5.28. The average molecular weight is 246 g/mol. The maximum Gasteiger partial charge on any atom is 0.254 e. The number of nitrogens with zero attached hydrogens (tertiary/aromatic N) is 2. The van der Waals surface area contributed by atoms with Gasteiger partial charge in [-0.25, -0.2) is 4.98 Å². The summed E-state index contributed by atoms with van der Waals surface area (Å²) in [6.45, 7) is 1.84. The Labute approximate surface area is 104 Å². The molecule has 2 rings (SSSR count). The number of pyridine rings is 1. The van der Waals surface area contributed by atoms with Crippen molar-refractivity contribution in [2.75, 3.05) is 5.43 Å². The molecule has 94 valence electrons. The van der Waals surface area contributed by atoms with Crippen LogP contribution in [0.4, 0.5) is 5.69 Å².